The van der Waals surface area contributed by atoms with Gasteiger partial charge in [-0.3, -0.25) is 9.59 Å². The molecule has 0 aromatic heterocycles. The number of carboxylic acids is 1. The van der Waals surface area contributed by atoms with E-state index in [-0.39, 0.29) is 18.9 Å². The lowest BCUT2D eigenvalue weighted by atomic mass is 10.1. The highest BCUT2D eigenvalue weighted by Crippen LogP contribution is 2.27. The quantitative estimate of drug-likeness (QED) is 0.902. The topological polar surface area (TPSA) is 57.6 Å². The molecule has 1 fully saturated rings. The number of hydrogen-bond donors (Lipinski definition) is 1. The average Bonchev–Trinajstić information content (AvgIpc) is 2.60. The lowest BCUT2D eigenvalue weighted by Crippen LogP contribution is -2.25. The molecule has 4 nitrogen and oxygen atoms in total. The van der Waals surface area contributed by atoms with Crippen LogP contribution in [0.5, 0.6) is 0 Å². The lowest BCUT2D eigenvalue weighted by Gasteiger charge is -2.16. The van der Waals surface area contributed by atoms with Gasteiger partial charge in [0.25, 0.3) is 0 Å². The highest BCUT2D eigenvalue weighted by Gasteiger charge is 2.34. The van der Waals surface area contributed by atoms with Gasteiger partial charge in [-0.1, -0.05) is 22.0 Å². The molecule has 1 aliphatic heterocycles. The fraction of sp³-hybridized carbons (Fsp3) is 0.273. The summed E-state index contributed by atoms with van der Waals surface area (Å²) >= 11 is 3.32. The van der Waals surface area contributed by atoms with Crippen molar-refractivity contribution in [2.24, 2.45) is 5.92 Å². The number of hydrogen-bond acceptors (Lipinski definition) is 2. The van der Waals surface area contributed by atoms with Crippen LogP contribution in [0.1, 0.15) is 6.42 Å². The van der Waals surface area contributed by atoms with E-state index >= 15 is 0 Å². The Morgan fingerprint density at radius 1 is 1.50 bits per heavy atom. The molecule has 5 heteroatoms. The van der Waals surface area contributed by atoms with E-state index < -0.39 is 11.9 Å². The number of carbonyl (C=O) groups is 2. The summed E-state index contributed by atoms with van der Waals surface area (Å²) in [6, 6.07) is 7.29. The maximum absolute atomic E-state index is 11.6. The van der Waals surface area contributed by atoms with Crippen LogP contribution in [-0.4, -0.2) is 23.5 Å². The van der Waals surface area contributed by atoms with E-state index in [4.69, 9.17) is 5.11 Å². The molecular formula is C11H10BrNO3. The van der Waals surface area contributed by atoms with Gasteiger partial charge in [0.1, 0.15) is 0 Å². The molecule has 16 heavy (non-hydrogen) atoms. The third-order valence-electron chi connectivity index (χ3n) is 2.59. The Morgan fingerprint density at radius 3 is 2.81 bits per heavy atom. The second kappa shape index (κ2) is 4.25. The van der Waals surface area contributed by atoms with E-state index in [2.05, 4.69) is 15.9 Å². The summed E-state index contributed by atoms with van der Waals surface area (Å²) in [4.78, 5) is 24.0. The van der Waals surface area contributed by atoms with Crippen molar-refractivity contribution >= 4 is 33.5 Å². The number of rotatable bonds is 2. The zero-order valence-corrected chi connectivity index (χ0v) is 9.98. The van der Waals surface area contributed by atoms with E-state index in [1.165, 1.54) is 4.90 Å². The predicted molar refractivity (Wildman–Crippen MR) is 62.2 cm³/mol. The summed E-state index contributed by atoms with van der Waals surface area (Å²) in [6.45, 7) is 0.255. The number of anilines is 1. The van der Waals surface area contributed by atoms with E-state index in [1.54, 1.807) is 6.07 Å². The molecule has 0 spiro atoms. The molecule has 2 rings (SSSR count). The number of carboxylic acid groups (broad SMARTS) is 1. The minimum Gasteiger partial charge on any atom is -0.481 e. The number of nitrogens with zero attached hydrogens (tertiary/aromatic N) is 1. The Kier molecular flexibility index (Phi) is 2.96. The maximum atomic E-state index is 11.6. The molecule has 84 valence electrons. The average molecular weight is 284 g/mol. The largest absolute Gasteiger partial charge is 0.481 e. The van der Waals surface area contributed by atoms with Crippen LogP contribution in [0.3, 0.4) is 0 Å². The molecule has 0 aliphatic carbocycles. The van der Waals surface area contributed by atoms with Gasteiger partial charge in [-0.15, -0.1) is 0 Å². The molecule has 0 unspecified atom stereocenters. The summed E-state index contributed by atoms with van der Waals surface area (Å²) < 4.78 is 0.872. The van der Waals surface area contributed by atoms with Gasteiger partial charge in [-0.25, -0.2) is 0 Å². The Bertz CT molecular complexity index is 447. The van der Waals surface area contributed by atoms with Crippen molar-refractivity contribution < 1.29 is 14.7 Å². The first kappa shape index (κ1) is 11.1. The van der Waals surface area contributed by atoms with Gasteiger partial charge in [0.2, 0.25) is 5.91 Å². The zero-order chi connectivity index (χ0) is 11.7. The van der Waals surface area contributed by atoms with Crippen LogP contribution in [-0.2, 0) is 9.59 Å². The molecule has 0 bridgehead atoms. The highest BCUT2D eigenvalue weighted by molar-refractivity contribution is 9.10. The first-order chi connectivity index (χ1) is 7.58. The van der Waals surface area contributed by atoms with Crippen molar-refractivity contribution in [3.05, 3.63) is 28.7 Å². The molecule has 1 N–H and O–H groups in total. The third-order valence-corrected chi connectivity index (χ3v) is 3.09. The maximum Gasteiger partial charge on any atom is 0.308 e. The minimum absolute atomic E-state index is 0.0852. The Morgan fingerprint density at radius 2 is 2.25 bits per heavy atom. The number of aliphatic carboxylic acids is 1. The van der Waals surface area contributed by atoms with Crippen molar-refractivity contribution in [3.8, 4) is 0 Å². The van der Waals surface area contributed by atoms with E-state index in [1.807, 2.05) is 18.2 Å². The van der Waals surface area contributed by atoms with Gasteiger partial charge in [0.05, 0.1) is 5.92 Å². The smallest absolute Gasteiger partial charge is 0.308 e. The summed E-state index contributed by atoms with van der Waals surface area (Å²) in [5, 5.41) is 8.86. The van der Waals surface area contributed by atoms with Crippen molar-refractivity contribution in [1.29, 1.82) is 0 Å². The van der Waals surface area contributed by atoms with Crippen LogP contribution in [0.2, 0.25) is 0 Å². The zero-order valence-electron chi connectivity index (χ0n) is 8.39. The van der Waals surface area contributed by atoms with Crippen LogP contribution in [0.4, 0.5) is 5.69 Å². The molecule has 1 atom stereocenters. The van der Waals surface area contributed by atoms with Crippen molar-refractivity contribution in [2.75, 3.05) is 11.4 Å². The summed E-state index contributed by atoms with van der Waals surface area (Å²) in [5.41, 5.74) is 0.739. The first-order valence-corrected chi connectivity index (χ1v) is 5.66. The molecular weight excluding hydrogens is 274 g/mol. The summed E-state index contributed by atoms with van der Waals surface area (Å²) in [6.07, 6.45) is 0.0852. The van der Waals surface area contributed by atoms with Gasteiger partial charge in [0.15, 0.2) is 0 Å². The Hall–Kier alpha value is -1.36. The summed E-state index contributed by atoms with van der Waals surface area (Å²) in [7, 11) is 0. The molecule has 1 amide bonds. The molecule has 0 saturated carbocycles. The van der Waals surface area contributed by atoms with Gasteiger partial charge < -0.3 is 10.0 Å². The standard InChI is InChI=1S/C11H10BrNO3/c12-8-2-1-3-9(5-8)13-6-7(11(15)16)4-10(13)14/h1-3,5,7H,4,6H2,(H,15,16)/t7-/m0/s1. The van der Waals surface area contributed by atoms with Crippen LogP contribution < -0.4 is 4.90 Å². The molecule has 1 heterocycles. The first-order valence-electron chi connectivity index (χ1n) is 4.86. The van der Waals surface area contributed by atoms with Gasteiger partial charge in [0, 0.05) is 23.1 Å². The van der Waals surface area contributed by atoms with Gasteiger partial charge in [-0.05, 0) is 18.2 Å². The normalized spacial score (nSPS) is 20.2. The molecule has 0 radical (unpaired) electrons. The van der Waals surface area contributed by atoms with Crippen molar-refractivity contribution in [3.63, 3.8) is 0 Å². The fourth-order valence-corrected chi connectivity index (χ4v) is 2.15. The lowest BCUT2D eigenvalue weighted by molar-refractivity contribution is -0.141. The van der Waals surface area contributed by atoms with E-state index in [0.717, 1.165) is 10.2 Å². The van der Waals surface area contributed by atoms with Crippen LogP contribution in [0.25, 0.3) is 0 Å². The Balaban J connectivity index is 2.23. The van der Waals surface area contributed by atoms with Gasteiger partial charge >= 0.3 is 5.97 Å². The van der Waals surface area contributed by atoms with Crippen LogP contribution >= 0.6 is 15.9 Å². The van der Waals surface area contributed by atoms with E-state index in [0.29, 0.717) is 0 Å². The number of benzene rings is 1. The number of halogens is 1. The molecule has 1 aliphatic rings. The monoisotopic (exact) mass is 283 g/mol. The summed E-state index contributed by atoms with van der Waals surface area (Å²) in [5.74, 6) is -1.64. The number of carbonyl (C=O) groups excluding carboxylic acids is 1. The third kappa shape index (κ3) is 2.09. The highest BCUT2D eigenvalue weighted by atomic mass is 79.9. The van der Waals surface area contributed by atoms with E-state index in [9.17, 15) is 9.59 Å². The van der Waals surface area contributed by atoms with Crippen molar-refractivity contribution in [2.45, 2.75) is 6.42 Å². The molecule has 1 aromatic carbocycles. The predicted octanol–water partition coefficient (Wildman–Crippen LogP) is 1.89. The van der Waals surface area contributed by atoms with Crippen LogP contribution in [0, 0.1) is 5.92 Å². The second-order valence-electron chi connectivity index (χ2n) is 3.72. The van der Waals surface area contributed by atoms with Crippen LogP contribution in [0.15, 0.2) is 28.7 Å². The number of amides is 1. The fourth-order valence-electron chi connectivity index (χ4n) is 1.77. The molecule has 1 aromatic rings. The van der Waals surface area contributed by atoms with Crippen molar-refractivity contribution in [1.82, 2.24) is 0 Å². The molecule has 1 saturated heterocycles. The second-order valence-corrected chi connectivity index (χ2v) is 4.64. The SMILES string of the molecule is O=C(O)[C@H]1CC(=O)N(c2cccc(Br)c2)C1. The van der Waals surface area contributed by atoms with Gasteiger partial charge in [-0.2, -0.15) is 0 Å². The Labute approximate surface area is 101 Å². The minimum atomic E-state index is -0.911.